The third kappa shape index (κ3) is 7.30. The number of hydrogen-bond donors (Lipinski definition) is 3. The Morgan fingerprint density at radius 2 is 1.54 bits per heavy atom. The van der Waals surface area contributed by atoms with Gasteiger partial charge in [0.05, 0.1) is 17.8 Å². The van der Waals surface area contributed by atoms with Crippen molar-refractivity contribution in [2.24, 2.45) is 5.10 Å². The fraction of sp³-hybridized carbons (Fsp3) is 0.156. The molecule has 4 rings (SSSR count). The molecule has 0 heterocycles. The summed E-state index contributed by atoms with van der Waals surface area (Å²) in [5.41, 5.74) is 3.49. The molecular weight excluding hydrogens is 542 g/mol. The first-order valence-corrected chi connectivity index (χ1v) is 13.3. The lowest BCUT2D eigenvalue weighted by molar-refractivity contribution is -0.136. The van der Waals surface area contributed by atoms with Crippen LogP contribution < -0.4 is 20.2 Å². The van der Waals surface area contributed by atoms with E-state index in [4.69, 9.17) is 21.1 Å². The quantitative estimate of drug-likeness (QED) is 0.164. The molecule has 0 aliphatic heterocycles. The average molecular weight is 572 g/mol. The van der Waals surface area contributed by atoms with Crippen LogP contribution in [0.5, 0.6) is 11.5 Å². The molecule has 0 fully saturated rings. The maximum Gasteiger partial charge on any atom is 0.281 e. The Labute approximate surface area is 243 Å². The van der Waals surface area contributed by atoms with Crippen molar-refractivity contribution in [3.63, 3.8) is 0 Å². The average Bonchev–Trinajstić information content (AvgIpc) is 2.98. The molecule has 0 aromatic heterocycles. The van der Waals surface area contributed by atoms with Crippen molar-refractivity contribution in [2.75, 3.05) is 18.5 Å². The monoisotopic (exact) mass is 571 g/mol. The van der Waals surface area contributed by atoms with Gasteiger partial charge in [0.25, 0.3) is 11.8 Å². The van der Waals surface area contributed by atoms with Crippen molar-refractivity contribution >= 4 is 35.3 Å². The van der Waals surface area contributed by atoms with Gasteiger partial charge in [0, 0.05) is 5.69 Å². The van der Waals surface area contributed by atoms with E-state index in [0.717, 1.165) is 5.56 Å². The first-order valence-electron chi connectivity index (χ1n) is 12.9. The van der Waals surface area contributed by atoms with Crippen LogP contribution in [0.3, 0.4) is 0 Å². The Balaban J connectivity index is 1.48. The van der Waals surface area contributed by atoms with Gasteiger partial charge in [-0.05, 0) is 54.8 Å². The summed E-state index contributed by atoms with van der Waals surface area (Å²) in [6, 6.07) is 27.8. The Hall–Kier alpha value is -4.66. The predicted octanol–water partition coefficient (Wildman–Crippen LogP) is 5.45. The normalized spacial score (nSPS) is 11.2. The lowest BCUT2D eigenvalue weighted by Gasteiger charge is -2.27. The summed E-state index contributed by atoms with van der Waals surface area (Å²) >= 11 is 6.48. The fourth-order valence-corrected chi connectivity index (χ4v) is 4.34. The number of hydrazone groups is 1. The minimum Gasteiger partial charge on any atom is -0.490 e. The van der Waals surface area contributed by atoms with E-state index in [1.165, 1.54) is 6.21 Å². The zero-order valence-electron chi connectivity index (χ0n) is 22.6. The number of anilines is 1. The molecule has 4 aromatic carbocycles. The molecule has 0 saturated heterocycles. The summed E-state index contributed by atoms with van der Waals surface area (Å²) in [5, 5.41) is 18.6. The Morgan fingerprint density at radius 1 is 0.927 bits per heavy atom. The van der Waals surface area contributed by atoms with Gasteiger partial charge in [0.1, 0.15) is 0 Å². The lowest BCUT2D eigenvalue weighted by atomic mass is 9.85. The molecule has 3 N–H and O–H groups in total. The molecule has 41 heavy (non-hydrogen) atoms. The van der Waals surface area contributed by atoms with Gasteiger partial charge in [-0.1, -0.05) is 90.0 Å². The molecule has 0 aliphatic rings. The number of carbonyl (C=O) groups excluding carboxylic acids is 2. The first-order chi connectivity index (χ1) is 19.8. The van der Waals surface area contributed by atoms with Crippen molar-refractivity contribution in [3.8, 4) is 11.5 Å². The number of amides is 2. The summed E-state index contributed by atoms with van der Waals surface area (Å²) in [4.78, 5) is 25.7. The summed E-state index contributed by atoms with van der Waals surface area (Å²) in [6.45, 7) is 3.80. The maximum atomic E-state index is 13.3. The summed E-state index contributed by atoms with van der Waals surface area (Å²) in [7, 11) is 0. The third-order valence-corrected chi connectivity index (χ3v) is 6.39. The van der Waals surface area contributed by atoms with E-state index in [0.29, 0.717) is 34.7 Å². The highest BCUT2D eigenvalue weighted by molar-refractivity contribution is 6.32. The molecule has 0 saturated carbocycles. The fourth-order valence-electron chi connectivity index (χ4n) is 4.07. The third-order valence-electron chi connectivity index (χ3n) is 6.11. The standard InChI is InChI=1S/C32H30ClN3O5/c1-3-40-28-19-23(18-27(33)30(28)41-21-29(37)35-26-16-14-22(2)15-17-26)20-34-36-31(38)32(39,24-10-6-4-7-11-24)25-12-8-5-9-13-25/h4-20,39H,3,21H2,1-2H3,(H,35,37)(H,36,38)/b34-20-. The smallest absolute Gasteiger partial charge is 0.281 e. The van der Waals surface area contributed by atoms with Crippen LogP contribution >= 0.6 is 11.6 Å². The SMILES string of the molecule is CCOc1cc(/C=N\NC(=O)C(O)(c2ccccc2)c2ccccc2)cc(Cl)c1OCC(=O)Nc1ccc(C)cc1. The van der Waals surface area contributed by atoms with E-state index in [2.05, 4.69) is 15.8 Å². The zero-order valence-corrected chi connectivity index (χ0v) is 23.4. The Bertz CT molecular complexity index is 1470. The molecule has 8 nitrogen and oxygen atoms in total. The van der Waals surface area contributed by atoms with Crippen LogP contribution in [0.2, 0.25) is 5.02 Å². The summed E-state index contributed by atoms with van der Waals surface area (Å²) in [6.07, 6.45) is 1.37. The summed E-state index contributed by atoms with van der Waals surface area (Å²) < 4.78 is 11.4. The first kappa shape index (κ1) is 29.3. The Morgan fingerprint density at radius 3 is 2.12 bits per heavy atom. The van der Waals surface area contributed by atoms with Crippen LogP contribution in [0.15, 0.2) is 102 Å². The van der Waals surface area contributed by atoms with Crippen molar-refractivity contribution < 1.29 is 24.2 Å². The van der Waals surface area contributed by atoms with Crippen molar-refractivity contribution in [1.82, 2.24) is 5.43 Å². The van der Waals surface area contributed by atoms with Gasteiger partial charge < -0.3 is 19.9 Å². The number of aliphatic hydroxyl groups is 1. The van der Waals surface area contributed by atoms with E-state index >= 15 is 0 Å². The van der Waals surface area contributed by atoms with E-state index in [-0.39, 0.29) is 23.3 Å². The maximum absolute atomic E-state index is 13.3. The molecule has 4 aromatic rings. The van der Waals surface area contributed by atoms with Gasteiger partial charge in [-0.15, -0.1) is 0 Å². The van der Waals surface area contributed by atoms with Gasteiger partial charge >= 0.3 is 0 Å². The van der Waals surface area contributed by atoms with Gasteiger partial charge in [-0.25, -0.2) is 5.43 Å². The summed E-state index contributed by atoms with van der Waals surface area (Å²) in [5.74, 6) is -0.580. The van der Waals surface area contributed by atoms with Crippen LogP contribution in [0.4, 0.5) is 5.69 Å². The molecule has 210 valence electrons. The van der Waals surface area contributed by atoms with Crippen molar-refractivity contribution in [3.05, 3.63) is 124 Å². The Kier molecular flexibility index (Phi) is 9.73. The van der Waals surface area contributed by atoms with Crippen LogP contribution in [-0.4, -0.2) is 36.3 Å². The molecule has 0 spiro atoms. The van der Waals surface area contributed by atoms with Crippen LogP contribution in [-0.2, 0) is 15.2 Å². The number of carbonyl (C=O) groups is 2. The number of rotatable bonds is 11. The minimum atomic E-state index is -1.97. The number of hydrogen-bond acceptors (Lipinski definition) is 6. The molecule has 0 bridgehead atoms. The van der Waals surface area contributed by atoms with E-state index < -0.39 is 11.5 Å². The van der Waals surface area contributed by atoms with Crippen LogP contribution in [0.25, 0.3) is 0 Å². The molecular formula is C32H30ClN3O5. The molecule has 0 unspecified atom stereocenters. The van der Waals surface area contributed by atoms with E-state index in [1.807, 2.05) is 19.1 Å². The van der Waals surface area contributed by atoms with Crippen molar-refractivity contribution in [2.45, 2.75) is 19.4 Å². The highest BCUT2D eigenvalue weighted by Gasteiger charge is 2.39. The van der Waals surface area contributed by atoms with E-state index in [1.54, 1.807) is 91.9 Å². The second-order valence-electron chi connectivity index (χ2n) is 9.11. The molecule has 2 amide bonds. The zero-order chi connectivity index (χ0) is 29.2. The van der Waals surface area contributed by atoms with Crippen LogP contribution in [0, 0.1) is 6.92 Å². The van der Waals surface area contributed by atoms with E-state index in [9.17, 15) is 14.7 Å². The highest BCUT2D eigenvalue weighted by atomic mass is 35.5. The molecule has 0 atom stereocenters. The number of halogens is 1. The van der Waals surface area contributed by atoms with Gasteiger partial charge in [-0.2, -0.15) is 5.10 Å². The largest absolute Gasteiger partial charge is 0.490 e. The topological polar surface area (TPSA) is 109 Å². The van der Waals surface area contributed by atoms with Gasteiger partial charge in [0.2, 0.25) is 0 Å². The van der Waals surface area contributed by atoms with Gasteiger partial charge in [0.15, 0.2) is 23.7 Å². The molecule has 0 aliphatic carbocycles. The lowest BCUT2D eigenvalue weighted by Crippen LogP contribution is -2.43. The number of aryl methyl sites for hydroxylation is 1. The second-order valence-corrected chi connectivity index (χ2v) is 9.51. The second kappa shape index (κ2) is 13.6. The number of nitrogens with zero attached hydrogens (tertiary/aromatic N) is 1. The molecule has 9 heteroatoms. The highest BCUT2D eigenvalue weighted by Crippen LogP contribution is 2.36. The number of ether oxygens (including phenoxy) is 2. The predicted molar refractivity (Wildman–Crippen MR) is 160 cm³/mol. The number of benzene rings is 4. The van der Waals surface area contributed by atoms with Crippen LogP contribution in [0.1, 0.15) is 29.2 Å². The van der Waals surface area contributed by atoms with Gasteiger partial charge in [-0.3, -0.25) is 9.59 Å². The number of nitrogens with one attached hydrogen (secondary N) is 2. The minimum absolute atomic E-state index is 0.192. The molecule has 0 radical (unpaired) electrons. The van der Waals surface area contributed by atoms with Crippen molar-refractivity contribution in [1.29, 1.82) is 0 Å².